The number of non-ortho nitro benzene ring substituents is 1. The second-order valence-corrected chi connectivity index (χ2v) is 3.15. The van der Waals surface area contributed by atoms with Gasteiger partial charge in [0, 0.05) is 47.3 Å². The Hall–Kier alpha value is -0.580. The SMILES string of the molecule is CC(C)c1cc([N+](=O)[O-])ccc1O.[Na]. The number of hydrogen-bond acceptors (Lipinski definition) is 3. The van der Waals surface area contributed by atoms with Crippen LogP contribution in [-0.4, -0.2) is 39.6 Å². The van der Waals surface area contributed by atoms with Crippen LogP contribution in [-0.2, 0) is 0 Å². The summed E-state index contributed by atoms with van der Waals surface area (Å²) in [6.45, 7) is 3.75. The van der Waals surface area contributed by atoms with Crippen molar-refractivity contribution in [3.63, 3.8) is 0 Å². The van der Waals surface area contributed by atoms with Crippen LogP contribution in [0.3, 0.4) is 0 Å². The van der Waals surface area contributed by atoms with E-state index in [-0.39, 0.29) is 46.9 Å². The zero-order valence-electron chi connectivity index (χ0n) is 8.52. The Morgan fingerprint density at radius 1 is 1.43 bits per heavy atom. The van der Waals surface area contributed by atoms with Crippen molar-refractivity contribution in [3.05, 3.63) is 33.9 Å². The van der Waals surface area contributed by atoms with Crippen LogP contribution in [0.2, 0.25) is 0 Å². The van der Waals surface area contributed by atoms with Gasteiger partial charge < -0.3 is 5.11 Å². The molecule has 0 spiro atoms. The van der Waals surface area contributed by atoms with Crippen molar-refractivity contribution < 1.29 is 10.0 Å². The number of aromatic hydroxyl groups is 1. The Kier molecular flexibility index (Phi) is 5.12. The van der Waals surface area contributed by atoms with E-state index in [1.807, 2.05) is 13.8 Å². The molecular formula is C9H11NNaO3. The topological polar surface area (TPSA) is 63.4 Å². The number of nitro groups is 1. The summed E-state index contributed by atoms with van der Waals surface area (Å²) in [4.78, 5) is 9.94. The fourth-order valence-electron chi connectivity index (χ4n) is 1.12. The molecule has 4 nitrogen and oxygen atoms in total. The molecule has 1 aromatic carbocycles. The van der Waals surface area contributed by atoms with Gasteiger partial charge in [0.2, 0.25) is 0 Å². The van der Waals surface area contributed by atoms with Gasteiger partial charge in [-0.2, -0.15) is 0 Å². The van der Waals surface area contributed by atoms with E-state index in [9.17, 15) is 15.2 Å². The fourth-order valence-corrected chi connectivity index (χ4v) is 1.12. The van der Waals surface area contributed by atoms with Gasteiger partial charge in [-0.05, 0) is 12.0 Å². The van der Waals surface area contributed by atoms with Crippen molar-refractivity contribution >= 4 is 35.2 Å². The van der Waals surface area contributed by atoms with E-state index >= 15 is 0 Å². The number of nitro benzene ring substituents is 1. The van der Waals surface area contributed by atoms with Crippen molar-refractivity contribution in [1.82, 2.24) is 0 Å². The van der Waals surface area contributed by atoms with Crippen LogP contribution in [0.1, 0.15) is 25.3 Å². The van der Waals surface area contributed by atoms with Crippen molar-refractivity contribution in [2.75, 3.05) is 0 Å². The fraction of sp³-hybridized carbons (Fsp3) is 0.333. The van der Waals surface area contributed by atoms with Crippen molar-refractivity contribution in [2.45, 2.75) is 19.8 Å². The van der Waals surface area contributed by atoms with E-state index in [1.54, 1.807) is 0 Å². The molecule has 1 N–H and O–H groups in total. The standard InChI is InChI=1S/C9H11NO3.Na/c1-6(2)8-5-7(10(12)13)3-4-9(8)11;/h3-6,11H,1-2H3;. The molecule has 71 valence electrons. The summed E-state index contributed by atoms with van der Waals surface area (Å²) in [5, 5.41) is 19.8. The Balaban J connectivity index is 0.00000169. The third-order valence-corrected chi connectivity index (χ3v) is 1.84. The summed E-state index contributed by atoms with van der Waals surface area (Å²) in [6, 6.07) is 4.05. The maximum absolute atomic E-state index is 10.4. The van der Waals surface area contributed by atoms with Crippen LogP contribution in [0.4, 0.5) is 5.69 Å². The number of phenols is 1. The van der Waals surface area contributed by atoms with Gasteiger partial charge in [0.15, 0.2) is 0 Å². The molecule has 1 rings (SSSR count). The van der Waals surface area contributed by atoms with Crippen LogP contribution in [0.5, 0.6) is 5.75 Å². The molecule has 0 heterocycles. The second kappa shape index (κ2) is 5.34. The van der Waals surface area contributed by atoms with Gasteiger partial charge in [0.05, 0.1) is 4.92 Å². The first-order chi connectivity index (χ1) is 6.02. The first-order valence-corrected chi connectivity index (χ1v) is 3.99. The van der Waals surface area contributed by atoms with E-state index < -0.39 is 4.92 Å². The van der Waals surface area contributed by atoms with E-state index in [2.05, 4.69) is 0 Å². The van der Waals surface area contributed by atoms with Crippen LogP contribution in [0.25, 0.3) is 0 Å². The third kappa shape index (κ3) is 2.97. The van der Waals surface area contributed by atoms with E-state index in [1.165, 1.54) is 18.2 Å². The minimum absolute atomic E-state index is 0. The summed E-state index contributed by atoms with van der Waals surface area (Å²) in [5.74, 6) is 0.195. The Morgan fingerprint density at radius 3 is 2.43 bits per heavy atom. The predicted molar refractivity (Wildman–Crippen MR) is 54.6 cm³/mol. The summed E-state index contributed by atoms with van der Waals surface area (Å²) >= 11 is 0. The molecule has 0 saturated carbocycles. The van der Waals surface area contributed by atoms with Gasteiger partial charge in [-0.3, -0.25) is 10.1 Å². The zero-order valence-corrected chi connectivity index (χ0v) is 10.5. The quantitative estimate of drug-likeness (QED) is 0.455. The van der Waals surface area contributed by atoms with E-state index in [0.29, 0.717) is 5.56 Å². The Morgan fingerprint density at radius 2 is 2.00 bits per heavy atom. The van der Waals surface area contributed by atoms with Crippen LogP contribution < -0.4 is 0 Å². The molecule has 0 bridgehead atoms. The van der Waals surface area contributed by atoms with Gasteiger partial charge >= 0.3 is 0 Å². The maximum atomic E-state index is 10.4. The minimum Gasteiger partial charge on any atom is -0.508 e. The van der Waals surface area contributed by atoms with Crippen molar-refractivity contribution in [3.8, 4) is 5.75 Å². The summed E-state index contributed by atoms with van der Waals surface area (Å²) < 4.78 is 0. The van der Waals surface area contributed by atoms with E-state index in [0.717, 1.165) is 0 Å². The van der Waals surface area contributed by atoms with Crippen LogP contribution in [0, 0.1) is 10.1 Å². The smallest absolute Gasteiger partial charge is 0.269 e. The predicted octanol–water partition coefficient (Wildman–Crippen LogP) is 2.04. The number of rotatable bonds is 2. The normalized spacial score (nSPS) is 9.64. The van der Waals surface area contributed by atoms with Gasteiger partial charge in [0.25, 0.3) is 5.69 Å². The van der Waals surface area contributed by atoms with E-state index in [4.69, 9.17) is 0 Å². The maximum Gasteiger partial charge on any atom is 0.269 e. The average Bonchev–Trinajstić information content (AvgIpc) is 2.04. The molecule has 0 aliphatic rings. The molecule has 5 heteroatoms. The van der Waals surface area contributed by atoms with Gasteiger partial charge in [-0.15, -0.1) is 0 Å². The molecule has 0 atom stereocenters. The second-order valence-electron chi connectivity index (χ2n) is 3.15. The molecule has 14 heavy (non-hydrogen) atoms. The molecular weight excluding hydrogens is 193 g/mol. The number of nitrogens with zero attached hydrogens (tertiary/aromatic N) is 1. The van der Waals surface area contributed by atoms with Gasteiger partial charge in [0.1, 0.15) is 5.75 Å². The molecule has 0 aliphatic heterocycles. The van der Waals surface area contributed by atoms with Gasteiger partial charge in [-0.1, -0.05) is 13.8 Å². The Labute approximate surface area is 104 Å². The molecule has 0 aromatic heterocycles. The summed E-state index contributed by atoms with van der Waals surface area (Å²) in [5.41, 5.74) is 0.621. The summed E-state index contributed by atoms with van der Waals surface area (Å²) in [6.07, 6.45) is 0. The average molecular weight is 204 g/mol. The molecule has 1 aromatic rings. The Bertz CT molecular complexity index is 339. The minimum atomic E-state index is -0.467. The molecule has 0 fully saturated rings. The van der Waals surface area contributed by atoms with Crippen LogP contribution in [0.15, 0.2) is 18.2 Å². The molecule has 1 radical (unpaired) electrons. The zero-order chi connectivity index (χ0) is 10.0. The van der Waals surface area contributed by atoms with Crippen molar-refractivity contribution in [1.29, 1.82) is 0 Å². The monoisotopic (exact) mass is 204 g/mol. The number of hydrogen-bond donors (Lipinski definition) is 1. The molecule has 0 amide bonds. The largest absolute Gasteiger partial charge is 0.508 e. The molecule has 0 saturated heterocycles. The number of benzene rings is 1. The molecule has 0 unspecified atom stereocenters. The number of phenolic OH excluding ortho intramolecular Hbond substituents is 1. The summed E-state index contributed by atoms with van der Waals surface area (Å²) in [7, 11) is 0. The molecule has 0 aliphatic carbocycles. The first-order valence-electron chi connectivity index (χ1n) is 3.99. The first kappa shape index (κ1) is 13.4. The third-order valence-electron chi connectivity index (χ3n) is 1.84. The van der Waals surface area contributed by atoms with Crippen LogP contribution >= 0.6 is 0 Å². The van der Waals surface area contributed by atoms with Gasteiger partial charge in [-0.25, -0.2) is 0 Å². The van der Waals surface area contributed by atoms with Crippen molar-refractivity contribution in [2.24, 2.45) is 0 Å².